The third-order valence-corrected chi connectivity index (χ3v) is 5.24. The third-order valence-electron chi connectivity index (χ3n) is 5.24. The second-order valence-electron chi connectivity index (χ2n) is 7.75. The Hall–Kier alpha value is -4.07. The third kappa shape index (κ3) is 5.41. The lowest BCUT2D eigenvalue weighted by molar-refractivity contribution is -0.121. The van der Waals surface area contributed by atoms with Crippen LogP contribution in [0.3, 0.4) is 0 Å². The van der Waals surface area contributed by atoms with Gasteiger partial charge in [0.15, 0.2) is 5.82 Å². The molecular weight excluding hydrogens is 418 g/mol. The van der Waals surface area contributed by atoms with Crippen molar-refractivity contribution in [3.63, 3.8) is 0 Å². The molecule has 0 spiro atoms. The number of aromatic nitrogens is 3. The molecule has 0 bridgehead atoms. The molecule has 2 heterocycles. The fourth-order valence-electron chi connectivity index (χ4n) is 3.43. The van der Waals surface area contributed by atoms with Crippen LogP contribution in [-0.2, 0) is 17.6 Å². The number of aryl methyl sites for hydroxylation is 3. The van der Waals surface area contributed by atoms with E-state index < -0.39 is 5.91 Å². The fourth-order valence-corrected chi connectivity index (χ4v) is 3.43. The minimum Gasteiger partial charge on any atom is -0.339 e. The van der Waals surface area contributed by atoms with Crippen molar-refractivity contribution < 1.29 is 14.1 Å². The summed E-state index contributed by atoms with van der Waals surface area (Å²) in [6, 6.07) is 17.1. The summed E-state index contributed by atoms with van der Waals surface area (Å²) in [5, 5.41) is 4.55. The average molecular weight is 444 g/mol. The van der Waals surface area contributed by atoms with Crippen molar-refractivity contribution in [3.8, 4) is 11.3 Å². The van der Waals surface area contributed by atoms with Gasteiger partial charge in [-0.2, -0.15) is 4.98 Å². The summed E-state index contributed by atoms with van der Waals surface area (Å²) in [6.45, 7) is 3.96. The Morgan fingerprint density at radius 2 is 1.79 bits per heavy atom. The number of para-hydroxylation sites is 1. The van der Waals surface area contributed by atoms with Crippen LogP contribution in [-0.4, -0.2) is 26.9 Å². The molecule has 0 radical (unpaired) electrons. The van der Waals surface area contributed by atoms with E-state index in [9.17, 15) is 9.59 Å². The summed E-state index contributed by atoms with van der Waals surface area (Å²) >= 11 is 0. The van der Waals surface area contributed by atoms with Gasteiger partial charge in [-0.05, 0) is 25.5 Å². The van der Waals surface area contributed by atoms with E-state index in [0.29, 0.717) is 53.1 Å². The number of nitrogens with zero attached hydrogens (tertiary/aromatic N) is 3. The molecule has 0 saturated carbocycles. The Labute approximate surface area is 191 Å². The number of amides is 2. The van der Waals surface area contributed by atoms with E-state index in [1.807, 2.05) is 62.4 Å². The normalized spacial score (nSPS) is 10.8. The maximum atomic E-state index is 12.9. The van der Waals surface area contributed by atoms with Crippen LogP contribution in [0.5, 0.6) is 0 Å². The standard InChI is InChI=1S/C25H25N5O3/c1-3-22-27-24(33-30-22)10-6-9-23(31)28-29-25(32)19-15-21(17-13-11-16(2)12-14-17)26-20-8-5-4-7-18(19)20/h4-5,7-8,11-15H,3,6,9-10H2,1-2H3,(H,28,31)(H,29,32). The number of hydrogen-bond acceptors (Lipinski definition) is 6. The van der Waals surface area contributed by atoms with Gasteiger partial charge in [0.2, 0.25) is 11.8 Å². The molecule has 2 amide bonds. The second kappa shape index (κ2) is 10.0. The Morgan fingerprint density at radius 3 is 2.55 bits per heavy atom. The fraction of sp³-hybridized carbons (Fsp3) is 0.240. The van der Waals surface area contributed by atoms with Crippen molar-refractivity contribution in [1.82, 2.24) is 26.0 Å². The number of rotatable bonds is 7. The molecule has 0 unspecified atom stereocenters. The molecule has 8 nitrogen and oxygen atoms in total. The summed E-state index contributed by atoms with van der Waals surface area (Å²) in [5.41, 5.74) is 8.91. The van der Waals surface area contributed by atoms with E-state index in [2.05, 4.69) is 21.0 Å². The number of hydrazine groups is 1. The number of pyridine rings is 1. The molecule has 2 aromatic heterocycles. The Bertz CT molecular complexity index is 1280. The highest BCUT2D eigenvalue weighted by Gasteiger charge is 2.15. The van der Waals surface area contributed by atoms with Gasteiger partial charge in [0.25, 0.3) is 5.91 Å². The van der Waals surface area contributed by atoms with Crippen molar-refractivity contribution in [2.45, 2.75) is 39.5 Å². The van der Waals surface area contributed by atoms with Crippen LogP contribution in [0.2, 0.25) is 0 Å². The molecule has 4 aromatic rings. The van der Waals surface area contributed by atoms with Gasteiger partial charge in [-0.15, -0.1) is 0 Å². The van der Waals surface area contributed by atoms with E-state index >= 15 is 0 Å². The highest BCUT2D eigenvalue weighted by molar-refractivity contribution is 6.07. The maximum absolute atomic E-state index is 12.9. The first-order chi connectivity index (χ1) is 16.0. The maximum Gasteiger partial charge on any atom is 0.270 e. The summed E-state index contributed by atoms with van der Waals surface area (Å²) < 4.78 is 5.12. The minimum atomic E-state index is -0.403. The molecule has 0 aliphatic heterocycles. The number of benzene rings is 2. The van der Waals surface area contributed by atoms with E-state index in [0.717, 1.165) is 11.1 Å². The number of carbonyl (C=O) groups excluding carboxylic acids is 2. The zero-order valence-electron chi connectivity index (χ0n) is 18.6. The molecule has 2 aromatic carbocycles. The monoisotopic (exact) mass is 443 g/mol. The lowest BCUT2D eigenvalue weighted by Gasteiger charge is -2.11. The molecule has 4 rings (SSSR count). The van der Waals surface area contributed by atoms with Gasteiger partial charge in [-0.25, -0.2) is 4.98 Å². The first-order valence-corrected chi connectivity index (χ1v) is 10.9. The van der Waals surface area contributed by atoms with Crippen LogP contribution in [0.4, 0.5) is 0 Å². The number of nitrogens with one attached hydrogen (secondary N) is 2. The van der Waals surface area contributed by atoms with Crippen molar-refractivity contribution in [1.29, 1.82) is 0 Å². The predicted molar refractivity (Wildman–Crippen MR) is 124 cm³/mol. The highest BCUT2D eigenvalue weighted by Crippen LogP contribution is 2.25. The van der Waals surface area contributed by atoms with Gasteiger partial charge in [0.05, 0.1) is 16.8 Å². The number of hydrogen-bond donors (Lipinski definition) is 2. The zero-order valence-corrected chi connectivity index (χ0v) is 18.6. The highest BCUT2D eigenvalue weighted by atomic mass is 16.5. The first-order valence-electron chi connectivity index (χ1n) is 10.9. The molecule has 33 heavy (non-hydrogen) atoms. The van der Waals surface area contributed by atoms with Gasteiger partial charge in [-0.3, -0.25) is 20.4 Å². The Morgan fingerprint density at radius 1 is 1.00 bits per heavy atom. The van der Waals surface area contributed by atoms with E-state index in [-0.39, 0.29) is 12.3 Å². The summed E-state index contributed by atoms with van der Waals surface area (Å²) in [7, 11) is 0. The lowest BCUT2D eigenvalue weighted by atomic mass is 10.0. The van der Waals surface area contributed by atoms with E-state index in [1.54, 1.807) is 6.07 Å². The van der Waals surface area contributed by atoms with Gasteiger partial charge in [0, 0.05) is 30.2 Å². The quantitative estimate of drug-likeness (QED) is 0.419. The average Bonchev–Trinajstić information content (AvgIpc) is 3.30. The summed E-state index contributed by atoms with van der Waals surface area (Å²) in [4.78, 5) is 34.1. The van der Waals surface area contributed by atoms with Crippen LogP contribution in [0.15, 0.2) is 59.1 Å². The molecule has 0 saturated heterocycles. The van der Waals surface area contributed by atoms with Gasteiger partial charge < -0.3 is 4.52 Å². The van der Waals surface area contributed by atoms with Crippen LogP contribution in [0, 0.1) is 6.92 Å². The largest absolute Gasteiger partial charge is 0.339 e. The first kappa shape index (κ1) is 22.1. The van der Waals surface area contributed by atoms with Gasteiger partial charge >= 0.3 is 0 Å². The molecular formula is C25H25N5O3. The SMILES string of the molecule is CCc1noc(CCCC(=O)NNC(=O)c2cc(-c3ccc(C)cc3)nc3ccccc23)n1. The van der Waals surface area contributed by atoms with Gasteiger partial charge in [0.1, 0.15) is 0 Å². The molecule has 0 aliphatic carbocycles. The summed E-state index contributed by atoms with van der Waals surface area (Å²) in [6.07, 6.45) is 1.95. The van der Waals surface area contributed by atoms with Crippen molar-refractivity contribution >= 4 is 22.7 Å². The minimum absolute atomic E-state index is 0.218. The number of fused-ring (bicyclic) bond motifs is 1. The number of carbonyl (C=O) groups is 2. The van der Waals surface area contributed by atoms with E-state index in [1.165, 1.54) is 0 Å². The van der Waals surface area contributed by atoms with Crippen LogP contribution in [0.1, 0.15) is 47.4 Å². The molecule has 0 atom stereocenters. The Kier molecular flexibility index (Phi) is 6.73. The second-order valence-corrected chi connectivity index (χ2v) is 7.75. The molecule has 168 valence electrons. The zero-order chi connectivity index (χ0) is 23.2. The molecule has 0 fully saturated rings. The van der Waals surface area contributed by atoms with E-state index in [4.69, 9.17) is 9.51 Å². The van der Waals surface area contributed by atoms with Crippen molar-refractivity contribution in [2.75, 3.05) is 0 Å². The smallest absolute Gasteiger partial charge is 0.270 e. The summed E-state index contributed by atoms with van der Waals surface area (Å²) in [5.74, 6) is 0.461. The molecule has 2 N–H and O–H groups in total. The molecule has 8 heteroatoms. The predicted octanol–water partition coefficient (Wildman–Crippen LogP) is 3.94. The lowest BCUT2D eigenvalue weighted by Crippen LogP contribution is -2.41. The topological polar surface area (TPSA) is 110 Å². The van der Waals surface area contributed by atoms with Crippen LogP contribution >= 0.6 is 0 Å². The van der Waals surface area contributed by atoms with Crippen molar-refractivity contribution in [3.05, 3.63) is 77.4 Å². The van der Waals surface area contributed by atoms with Crippen LogP contribution < -0.4 is 10.9 Å². The van der Waals surface area contributed by atoms with Gasteiger partial charge in [-0.1, -0.05) is 60.1 Å². The Balaban J connectivity index is 1.42. The van der Waals surface area contributed by atoms with Crippen molar-refractivity contribution in [2.24, 2.45) is 0 Å². The molecule has 0 aliphatic rings. The van der Waals surface area contributed by atoms with Crippen LogP contribution in [0.25, 0.3) is 22.2 Å².